The second kappa shape index (κ2) is 5.84. The number of fused-ring (bicyclic) bond motifs is 1. The van der Waals surface area contributed by atoms with Gasteiger partial charge in [-0.3, -0.25) is 0 Å². The molecule has 1 aliphatic heterocycles. The maximum Gasteiger partial charge on any atom is 0.298 e. The van der Waals surface area contributed by atoms with Gasteiger partial charge >= 0.3 is 0 Å². The van der Waals surface area contributed by atoms with Crippen molar-refractivity contribution in [2.45, 2.75) is 31.7 Å². The van der Waals surface area contributed by atoms with Crippen LogP contribution in [0, 0.1) is 0 Å². The van der Waals surface area contributed by atoms with Crippen LogP contribution in [0.3, 0.4) is 0 Å². The minimum absolute atomic E-state index is 0.535. The molecule has 0 saturated carbocycles. The van der Waals surface area contributed by atoms with E-state index in [0.717, 1.165) is 36.5 Å². The Morgan fingerprint density at radius 1 is 1.05 bits per heavy atom. The second-order valence-electron chi connectivity index (χ2n) is 5.98. The predicted octanol–water partition coefficient (Wildman–Crippen LogP) is 4.43. The number of para-hydroxylation sites is 2. The third-order valence-electron chi connectivity index (χ3n) is 4.51. The van der Waals surface area contributed by atoms with Crippen molar-refractivity contribution in [2.75, 3.05) is 11.4 Å². The molecular weight excluding hydrogens is 272 g/mol. The Bertz CT molecular complexity index is 717. The lowest BCUT2D eigenvalue weighted by atomic mass is 10.0. The number of nitrogens with zero attached hydrogens (tertiary/aromatic N) is 2. The molecule has 2 heterocycles. The van der Waals surface area contributed by atoms with Gasteiger partial charge in [0.2, 0.25) is 0 Å². The molecule has 2 aromatic carbocycles. The summed E-state index contributed by atoms with van der Waals surface area (Å²) in [6, 6.07) is 20.0. The largest absolute Gasteiger partial charge is 0.423 e. The van der Waals surface area contributed by atoms with Crippen molar-refractivity contribution in [2.24, 2.45) is 0 Å². The number of benzene rings is 2. The number of oxazole rings is 1. The topological polar surface area (TPSA) is 29.3 Å². The smallest absolute Gasteiger partial charge is 0.298 e. The van der Waals surface area contributed by atoms with E-state index in [-0.39, 0.29) is 0 Å². The van der Waals surface area contributed by atoms with Gasteiger partial charge in [-0.05, 0) is 43.4 Å². The van der Waals surface area contributed by atoms with Gasteiger partial charge in [-0.1, -0.05) is 42.5 Å². The second-order valence-corrected chi connectivity index (χ2v) is 5.98. The Labute approximate surface area is 130 Å². The van der Waals surface area contributed by atoms with Crippen molar-refractivity contribution in [1.29, 1.82) is 0 Å². The monoisotopic (exact) mass is 292 g/mol. The third kappa shape index (κ3) is 2.59. The Balaban J connectivity index is 1.50. The molecule has 1 aliphatic rings. The Hall–Kier alpha value is -2.29. The van der Waals surface area contributed by atoms with E-state index in [0.29, 0.717) is 6.04 Å². The zero-order valence-electron chi connectivity index (χ0n) is 12.6. The lowest BCUT2D eigenvalue weighted by Crippen LogP contribution is -2.29. The summed E-state index contributed by atoms with van der Waals surface area (Å²) in [4.78, 5) is 7.01. The molecule has 0 spiro atoms. The maximum atomic E-state index is 5.95. The van der Waals surface area contributed by atoms with Crippen LogP contribution in [0.2, 0.25) is 0 Å². The highest BCUT2D eigenvalue weighted by Gasteiger charge is 2.27. The number of hydrogen-bond acceptors (Lipinski definition) is 3. The van der Waals surface area contributed by atoms with Crippen LogP contribution < -0.4 is 4.90 Å². The first-order chi connectivity index (χ1) is 10.9. The van der Waals surface area contributed by atoms with E-state index in [1.54, 1.807) is 0 Å². The van der Waals surface area contributed by atoms with E-state index in [2.05, 4.69) is 40.2 Å². The van der Waals surface area contributed by atoms with Crippen LogP contribution >= 0.6 is 0 Å². The summed E-state index contributed by atoms with van der Waals surface area (Å²) < 4.78 is 5.95. The van der Waals surface area contributed by atoms with Gasteiger partial charge in [0.25, 0.3) is 6.01 Å². The summed E-state index contributed by atoms with van der Waals surface area (Å²) in [6.07, 6.45) is 4.72. The SMILES string of the molecule is c1ccc(CC[C@@H]2CCCN2c2nc3ccccc3o2)cc1. The minimum Gasteiger partial charge on any atom is -0.423 e. The fourth-order valence-corrected chi connectivity index (χ4v) is 3.35. The van der Waals surface area contributed by atoms with Crippen molar-refractivity contribution < 1.29 is 4.42 Å². The highest BCUT2D eigenvalue weighted by Crippen LogP contribution is 2.30. The maximum absolute atomic E-state index is 5.95. The fourth-order valence-electron chi connectivity index (χ4n) is 3.35. The normalized spacial score (nSPS) is 18.2. The van der Waals surface area contributed by atoms with Gasteiger partial charge in [0.05, 0.1) is 0 Å². The lowest BCUT2D eigenvalue weighted by molar-refractivity contribution is 0.531. The molecule has 4 rings (SSSR count). The van der Waals surface area contributed by atoms with Crippen molar-refractivity contribution in [1.82, 2.24) is 4.98 Å². The molecule has 0 N–H and O–H groups in total. The van der Waals surface area contributed by atoms with Crippen molar-refractivity contribution >= 4 is 17.1 Å². The van der Waals surface area contributed by atoms with Gasteiger partial charge in [-0.2, -0.15) is 4.98 Å². The summed E-state index contributed by atoms with van der Waals surface area (Å²) in [5.74, 6) is 0. The van der Waals surface area contributed by atoms with E-state index in [1.807, 2.05) is 24.3 Å². The molecule has 3 aromatic rings. The first kappa shape index (κ1) is 13.4. The number of aromatic nitrogens is 1. The minimum atomic E-state index is 0.535. The van der Waals surface area contributed by atoms with E-state index >= 15 is 0 Å². The molecule has 0 radical (unpaired) electrons. The summed E-state index contributed by atoms with van der Waals surface area (Å²) >= 11 is 0. The van der Waals surface area contributed by atoms with Gasteiger partial charge in [-0.15, -0.1) is 0 Å². The first-order valence-electron chi connectivity index (χ1n) is 8.06. The molecule has 1 fully saturated rings. The van der Waals surface area contributed by atoms with E-state index in [9.17, 15) is 0 Å². The van der Waals surface area contributed by atoms with E-state index < -0.39 is 0 Å². The molecule has 0 aliphatic carbocycles. The molecular formula is C19H20N2O. The molecule has 22 heavy (non-hydrogen) atoms. The summed E-state index contributed by atoms with van der Waals surface area (Å²) in [6.45, 7) is 1.05. The number of hydrogen-bond donors (Lipinski definition) is 0. The van der Waals surface area contributed by atoms with Crippen LogP contribution in [0.15, 0.2) is 59.0 Å². The standard InChI is InChI=1S/C19H20N2O/c1-2-7-15(8-3-1)12-13-16-9-6-14-21(16)19-20-17-10-4-5-11-18(17)22-19/h1-5,7-8,10-11,16H,6,9,12-14H2/t16-/m0/s1. The van der Waals surface area contributed by atoms with Crippen molar-refractivity contribution in [3.8, 4) is 0 Å². The molecule has 0 unspecified atom stereocenters. The molecule has 0 bridgehead atoms. The van der Waals surface area contributed by atoms with Crippen molar-refractivity contribution in [3.05, 3.63) is 60.2 Å². The van der Waals surface area contributed by atoms with Crippen LogP contribution in [0.1, 0.15) is 24.8 Å². The van der Waals surface area contributed by atoms with Gasteiger partial charge in [0.15, 0.2) is 5.58 Å². The number of rotatable bonds is 4. The predicted molar refractivity (Wildman–Crippen MR) is 89.1 cm³/mol. The average molecular weight is 292 g/mol. The Morgan fingerprint density at radius 2 is 1.86 bits per heavy atom. The highest BCUT2D eigenvalue weighted by molar-refractivity contribution is 5.74. The molecule has 0 amide bonds. The van der Waals surface area contributed by atoms with E-state index in [4.69, 9.17) is 4.42 Å². The molecule has 1 atom stereocenters. The molecule has 112 valence electrons. The zero-order chi connectivity index (χ0) is 14.8. The van der Waals surface area contributed by atoms with Gasteiger partial charge in [0, 0.05) is 12.6 Å². The van der Waals surface area contributed by atoms with Crippen LogP contribution in [0.4, 0.5) is 6.01 Å². The van der Waals surface area contributed by atoms with E-state index in [1.165, 1.54) is 18.4 Å². The van der Waals surface area contributed by atoms with Crippen molar-refractivity contribution in [3.63, 3.8) is 0 Å². The zero-order valence-corrected chi connectivity index (χ0v) is 12.6. The van der Waals surface area contributed by atoms with Crippen LogP contribution in [0.25, 0.3) is 11.1 Å². The molecule has 3 heteroatoms. The van der Waals surface area contributed by atoms with Gasteiger partial charge < -0.3 is 9.32 Å². The first-order valence-corrected chi connectivity index (χ1v) is 8.06. The van der Waals surface area contributed by atoms with Gasteiger partial charge in [-0.25, -0.2) is 0 Å². The summed E-state index contributed by atoms with van der Waals surface area (Å²) in [5.41, 5.74) is 3.24. The van der Waals surface area contributed by atoms with Crippen LogP contribution in [-0.4, -0.2) is 17.6 Å². The summed E-state index contributed by atoms with van der Waals surface area (Å²) in [5, 5.41) is 0. The quantitative estimate of drug-likeness (QED) is 0.712. The molecule has 1 saturated heterocycles. The van der Waals surface area contributed by atoms with Gasteiger partial charge in [0.1, 0.15) is 5.52 Å². The average Bonchev–Trinajstić information content (AvgIpc) is 3.20. The van der Waals surface area contributed by atoms with Crippen LogP contribution in [-0.2, 0) is 6.42 Å². The fraction of sp³-hybridized carbons (Fsp3) is 0.316. The number of aryl methyl sites for hydroxylation is 1. The lowest BCUT2D eigenvalue weighted by Gasteiger charge is -2.22. The third-order valence-corrected chi connectivity index (χ3v) is 4.51. The highest BCUT2D eigenvalue weighted by atomic mass is 16.4. The Kier molecular flexibility index (Phi) is 3.55. The molecule has 3 nitrogen and oxygen atoms in total. The molecule has 1 aromatic heterocycles. The Morgan fingerprint density at radius 3 is 2.73 bits per heavy atom. The van der Waals surface area contributed by atoms with Crippen LogP contribution in [0.5, 0.6) is 0 Å². The summed E-state index contributed by atoms with van der Waals surface area (Å²) in [7, 11) is 0. The number of anilines is 1.